The van der Waals surface area contributed by atoms with E-state index < -0.39 is 27.0 Å². The fourth-order valence-electron chi connectivity index (χ4n) is 3.23. The van der Waals surface area contributed by atoms with E-state index in [1.165, 1.54) is 42.5 Å². The number of anilines is 1. The van der Waals surface area contributed by atoms with Crippen LogP contribution in [-0.2, 0) is 10.0 Å². The van der Waals surface area contributed by atoms with Gasteiger partial charge >= 0.3 is 11.1 Å². The number of hydrogen-bond donors (Lipinski definition) is 3. The van der Waals surface area contributed by atoms with Gasteiger partial charge in [-0.2, -0.15) is 0 Å². The van der Waals surface area contributed by atoms with Crippen molar-refractivity contribution in [3.05, 3.63) is 90.7 Å². The highest BCUT2D eigenvalue weighted by Crippen LogP contribution is 2.33. The average molecular weight is 494 g/mol. The van der Waals surface area contributed by atoms with Crippen molar-refractivity contribution in [1.82, 2.24) is 9.97 Å². The van der Waals surface area contributed by atoms with Gasteiger partial charge in [0.1, 0.15) is 5.82 Å². The van der Waals surface area contributed by atoms with E-state index in [9.17, 15) is 22.4 Å². The topological polar surface area (TPSA) is 112 Å². The zero-order valence-electron chi connectivity index (χ0n) is 16.3. The molecule has 0 radical (unpaired) electrons. The van der Waals surface area contributed by atoms with Crippen molar-refractivity contribution in [3.63, 3.8) is 0 Å². The van der Waals surface area contributed by atoms with E-state index in [2.05, 4.69) is 14.7 Å². The lowest BCUT2D eigenvalue weighted by Gasteiger charge is -2.13. The van der Waals surface area contributed by atoms with Crippen LogP contribution >= 0.6 is 23.2 Å². The Labute approximate surface area is 190 Å². The van der Waals surface area contributed by atoms with Crippen molar-refractivity contribution < 1.29 is 12.8 Å². The number of aryl methyl sites for hydroxylation is 1. The number of benzene rings is 3. The first-order chi connectivity index (χ1) is 15.0. The molecule has 0 atom stereocenters. The van der Waals surface area contributed by atoms with Crippen LogP contribution in [-0.4, -0.2) is 18.4 Å². The number of nitrogens with one attached hydrogen (secondary N) is 3. The number of aromatic amines is 2. The van der Waals surface area contributed by atoms with Crippen LogP contribution in [0.2, 0.25) is 10.0 Å². The summed E-state index contributed by atoms with van der Waals surface area (Å²) < 4.78 is 41.8. The number of hydrogen-bond acceptors (Lipinski definition) is 4. The van der Waals surface area contributed by atoms with Gasteiger partial charge in [0.05, 0.1) is 31.7 Å². The van der Waals surface area contributed by atoms with E-state index >= 15 is 0 Å². The van der Waals surface area contributed by atoms with Gasteiger partial charge in [-0.1, -0.05) is 35.3 Å². The van der Waals surface area contributed by atoms with Gasteiger partial charge in [-0.3, -0.25) is 14.3 Å². The van der Waals surface area contributed by atoms with Crippen molar-refractivity contribution in [1.29, 1.82) is 0 Å². The minimum atomic E-state index is -4.06. The smallest absolute Gasteiger partial charge is 0.314 e. The zero-order valence-corrected chi connectivity index (χ0v) is 18.6. The quantitative estimate of drug-likeness (QED) is 0.364. The molecule has 3 N–H and O–H groups in total. The third-order valence-electron chi connectivity index (χ3n) is 4.76. The molecule has 0 spiro atoms. The maximum Gasteiger partial charge on any atom is 0.314 e. The van der Waals surface area contributed by atoms with Crippen LogP contribution in [0.5, 0.6) is 0 Å². The van der Waals surface area contributed by atoms with Gasteiger partial charge in [0.2, 0.25) is 0 Å². The van der Waals surface area contributed by atoms with Crippen molar-refractivity contribution in [3.8, 4) is 11.1 Å². The first-order valence-corrected chi connectivity index (χ1v) is 11.3. The van der Waals surface area contributed by atoms with Gasteiger partial charge in [-0.25, -0.2) is 12.8 Å². The van der Waals surface area contributed by atoms with Gasteiger partial charge in [0, 0.05) is 5.56 Å². The molecule has 0 bridgehead atoms. The number of aromatic nitrogens is 2. The number of rotatable bonds is 4. The Morgan fingerprint density at radius 2 is 1.53 bits per heavy atom. The monoisotopic (exact) mass is 493 g/mol. The molecular weight excluding hydrogens is 480 g/mol. The molecule has 0 aliphatic carbocycles. The van der Waals surface area contributed by atoms with Crippen LogP contribution in [0.15, 0.2) is 63.0 Å². The average Bonchev–Trinajstić information content (AvgIpc) is 2.71. The maximum absolute atomic E-state index is 13.4. The summed E-state index contributed by atoms with van der Waals surface area (Å²) in [6.45, 7) is 1.56. The highest BCUT2D eigenvalue weighted by molar-refractivity contribution is 7.92. The SMILES string of the molecule is Cc1cc2[nH]c(=O)c(=O)[nH]c2cc1S(=O)(=O)Nc1ccc(-c2ccc(F)c(Cl)c2)c(Cl)c1. The molecule has 32 heavy (non-hydrogen) atoms. The molecule has 0 aliphatic rings. The lowest BCUT2D eigenvalue weighted by molar-refractivity contribution is 0.600. The Bertz CT molecular complexity index is 1610. The van der Waals surface area contributed by atoms with Gasteiger partial charge in [0.15, 0.2) is 0 Å². The van der Waals surface area contributed by atoms with Gasteiger partial charge < -0.3 is 9.97 Å². The van der Waals surface area contributed by atoms with Crippen molar-refractivity contribution in [2.75, 3.05) is 4.72 Å². The number of halogens is 3. The molecule has 3 aromatic carbocycles. The molecule has 0 unspecified atom stereocenters. The second kappa shape index (κ2) is 8.09. The Morgan fingerprint density at radius 3 is 2.16 bits per heavy atom. The van der Waals surface area contributed by atoms with Crippen LogP contribution in [0.4, 0.5) is 10.1 Å². The third kappa shape index (κ3) is 4.14. The fourth-order valence-corrected chi connectivity index (χ4v) is 5.00. The Balaban J connectivity index is 1.70. The van der Waals surface area contributed by atoms with Crippen LogP contribution in [0.25, 0.3) is 22.2 Å². The molecule has 11 heteroatoms. The summed E-state index contributed by atoms with van der Waals surface area (Å²) in [5.74, 6) is -0.563. The van der Waals surface area contributed by atoms with E-state index in [-0.39, 0.29) is 26.1 Å². The minimum absolute atomic E-state index is 0.0606. The summed E-state index contributed by atoms with van der Waals surface area (Å²) in [6.07, 6.45) is 0. The number of H-pyrrole nitrogens is 2. The zero-order chi connectivity index (χ0) is 23.2. The first-order valence-electron chi connectivity index (χ1n) is 9.10. The summed E-state index contributed by atoms with van der Waals surface area (Å²) in [5, 5.41) is 0.166. The molecule has 4 rings (SSSR count). The highest BCUT2D eigenvalue weighted by atomic mass is 35.5. The van der Waals surface area contributed by atoms with Crippen LogP contribution in [0.1, 0.15) is 5.56 Å². The second-order valence-electron chi connectivity index (χ2n) is 7.00. The normalized spacial score (nSPS) is 11.6. The van der Waals surface area contributed by atoms with Crippen molar-refractivity contribution >= 4 is 49.9 Å². The van der Waals surface area contributed by atoms with E-state index in [1.807, 2.05) is 0 Å². The number of fused-ring (bicyclic) bond motifs is 1. The van der Waals surface area contributed by atoms with E-state index in [1.54, 1.807) is 13.0 Å². The molecule has 0 aliphatic heterocycles. The standard InChI is InChI=1S/C21H14Cl2FN3O4S/c1-10-6-17-18(26-21(29)20(28)25-17)9-19(10)32(30,31)27-12-3-4-13(14(22)8-12)11-2-5-16(24)15(23)7-11/h2-9,27H,1H3,(H,25,28)(H,26,29). The first kappa shape index (κ1) is 22.1. The molecule has 0 saturated carbocycles. The van der Waals surface area contributed by atoms with E-state index in [0.717, 1.165) is 0 Å². The van der Waals surface area contributed by atoms with E-state index in [4.69, 9.17) is 23.2 Å². The van der Waals surface area contributed by atoms with Crippen molar-refractivity contribution in [2.45, 2.75) is 11.8 Å². The molecule has 0 amide bonds. The summed E-state index contributed by atoms with van der Waals surface area (Å²) >= 11 is 12.2. The summed E-state index contributed by atoms with van der Waals surface area (Å²) in [4.78, 5) is 27.8. The Morgan fingerprint density at radius 1 is 0.875 bits per heavy atom. The highest BCUT2D eigenvalue weighted by Gasteiger charge is 2.19. The summed E-state index contributed by atoms with van der Waals surface area (Å²) in [5.41, 5.74) is 0.416. The molecule has 1 heterocycles. The maximum atomic E-state index is 13.4. The molecule has 0 fully saturated rings. The Kier molecular flexibility index (Phi) is 5.58. The predicted molar refractivity (Wildman–Crippen MR) is 123 cm³/mol. The largest absolute Gasteiger partial charge is 0.316 e. The summed E-state index contributed by atoms with van der Waals surface area (Å²) in [7, 11) is -4.06. The lowest BCUT2D eigenvalue weighted by Crippen LogP contribution is -2.29. The molecule has 7 nitrogen and oxygen atoms in total. The molecule has 0 saturated heterocycles. The fraction of sp³-hybridized carbons (Fsp3) is 0.0476. The van der Waals surface area contributed by atoms with E-state index in [0.29, 0.717) is 22.2 Å². The molecule has 1 aromatic heterocycles. The Hall–Kier alpha value is -3.14. The number of sulfonamides is 1. The molecule has 4 aromatic rings. The molecule has 164 valence electrons. The van der Waals surface area contributed by atoms with Gasteiger partial charge in [0.25, 0.3) is 10.0 Å². The van der Waals surface area contributed by atoms with Crippen molar-refractivity contribution in [2.24, 2.45) is 0 Å². The molecular formula is C21H14Cl2FN3O4S. The minimum Gasteiger partial charge on any atom is -0.316 e. The summed E-state index contributed by atoms with van der Waals surface area (Å²) in [6, 6.07) is 11.4. The van der Waals surface area contributed by atoms with Gasteiger partial charge in [-0.15, -0.1) is 0 Å². The second-order valence-corrected chi connectivity index (χ2v) is 9.47. The van der Waals surface area contributed by atoms with Crippen LogP contribution < -0.4 is 15.8 Å². The van der Waals surface area contributed by atoms with Crippen LogP contribution in [0.3, 0.4) is 0 Å². The predicted octanol–water partition coefficient (Wildman–Crippen LogP) is 4.44. The van der Waals surface area contributed by atoms with Gasteiger partial charge in [-0.05, 0) is 54.4 Å². The third-order valence-corrected chi connectivity index (χ3v) is 6.88. The van der Waals surface area contributed by atoms with Crippen LogP contribution in [0, 0.1) is 12.7 Å². The lowest BCUT2D eigenvalue weighted by atomic mass is 10.1.